The van der Waals surface area contributed by atoms with Gasteiger partial charge in [-0.1, -0.05) is 0 Å². The van der Waals surface area contributed by atoms with Crippen molar-refractivity contribution < 1.29 is 19.7 Å². The molecular formula is C11H19N3O4. The van der Waals surface area contributed by atoms with Crippen LogP contribution in [0, 0.1) is 0 Å². The summed E-state index contributed by atoms with van der Waals surface area (Å²) in [6.07, 6.45) is 1.35. The minimum Gasteiger partial charge on any atom is -0.481 e. The Labute approximate surface area is 106 Å². The van der Waals surface area contributed by atoms with E-state index in [1.54, 1.807) is 0 Å². The molecule has 0 spiro atoms. The van der Waals surface area contributed by atoms with E-state index >= 15 is 0 Å². The molecule has 0 bridgehead atoms. The molecule has 0 fully saturated rings. The molecule has 7 heteroatoms. The second-order valence-electron chi connectivity index (χ2n) is 4.13. The molecule has 0 aromatic carbocycles. The van der Waals surface area contributed by atoms with E-state index in [2.05, 4.69) is 15.3 Å². The van der Waals surface area contributed by atoms with Gasteiger partial charge in [0.2, 0.25) is 11.8 Å². The third-order valence-electron chi connectivity index (χ3n) is 2.40. The van der Waals surface area contributed by atoms with Crippen LogP contribution in [0.3, 0.4) is 0 Å². The van der Waals surface area contributed by atoms with Gasteiger partial charge in [-0.2, -0.15) is 0 Å². The zero-order valence-corrected chi connectivity index (χ0v) is 10.8. The van der Waals surface area contributed by atoms with E-state index in [9.17, 15) is 5.11 Å². The van der Waals surface area contributed by atoms with E-state index in [1.165, 1.54) is 27.5 Å². The maximum atomic E-state index is 9.65. The fourth-order valence-corrected chi connectivity index (χ4v) is 1.40. The van der Waals surface area contributed by atoms with E-state index < -0.39 is 5.60 Å². The molecule has 1 rings (SSSR count). The molecule has 0 aliphatic carbocycles. The van der Waals surface area contributed by atoms with Crippen LogP contribution in [0.1, 0.15) is 12.5 Å². The number of methoxy groups -OCH3 is 2. The van der Waals surface area contributed by atoms with Gasteiger partial charge in [0.05, 0.1) is 32.0 Å². The molecule has 7 nitrogen and oxygen atoms in total. The van der Waals surface area contributed by atoms with Gasteiger partial charge in [0.1, 0.15) is 6.33 Å². The van der Waals surface area contributed by atoms with E-state index in [4.69, 9.17) is 14.6 Å². The van der Waals surface area contributed by atoms with Crippen LogP contribution in [-0.4, -0.2) is 53.2 Å². The molecule has 102 valence electrons. The van der Waals surface area contributed by atoms with Gasteiger partial charge in [0.25, 0.3) is 0 Å². The van der Waals surface area contributed by atoms with Crippen LogP contribution >= 0.6 is 0 Å². The monoisotopic (exact) mass is 257 g/mol. The second-order valence-corrected chi connectivity index (χ2v) is 4.13. The van der Waals surface area contributed by atoms with Gasteiger partial charge in [-0.05, 0) is 6.92 Å². The van der Waals surface area contributed by atoms with Gasteiger partial charge in [-0.3, -0.25) is 0 Å². The number of aliphatic hydroxyl groups excluding tert-OH is 1. The molecule has 0 radical (unpaired) electrons. The van der Waals surface area contributed by atoms with Crippen molar-refractivity contribution in [1.82, 2.24) is 15.3 Å². The van der Waals surface area contributed by atoms with Crippen LogP contribution in [0.15, 0.2) is 6.33 Å². The molecule has 18 heavy (non-hydrogen) atoms. The Hall–Kier alpha value is -1.44. The normalized spacial score (nSPS) is 14.1. The first-order valence-electron chi connectivity index (χ1n) is 5.50. The molecule has 3 N–H and O–H groups in total. The highest BCUT2D eigenvalue weighted by Gasteiger charge is 2.19. The summed E-state index contributed by atoms with van der Waals surface area (Å²) >= 11 is 0. The van der Waals surface area contributed by atoms with Crippen LogP contribution in [0.5, 0.6) is 11.8 Å². The zero-order valence-electron chi connectivity index (χ0n) is 10.8. The minimum absolute atomic E-state index is 0.227. The van der Waals surface area contributed by atoms with Crippen molar-refractivity contribution in [2.24, 2.45) is 0 Å². The number of hydrogen-bond acceptors (Lipinski definition) is 7. The zero-order chi connectivity index (χ0) is 13.6. The van der Waals surface area contributed by atoms with Crippen LogP contribution in [0.4, 0.5) is 0 Å². The van der Waals surface area contributed by atoms with Gasteiger partial charge in [0.15, 0.2) is 0 Å². The lowest BCUT2D eigenvalue weighted by Gasteiger charge is -2.21. The van der Waals surface area contributed by atoms with Crippen LogP contribution in [0.2, 0.25) is 0 Å². The third kappa shape index (κ3) is 3.80. The number of nitrogens with one attached hydrogen (secondary N) is 1. The van der Waals surface area contributed by atoms with Gasteiger partial charge >= 0.3 is 0 Å². The summed E-state index contributed by atoms with van der Waals surface area (Å²) < 4.78 is 10.2. The van der Waals surface area contributed by atoms with Gasteiger partial charge in [-0.15, -0.1) is 0 Å². The molecule has 1 heterocycles. The summed E-state index contributed by atoms with van der Waals surface area (Å²) in [6, 6.07) is 0. The predicted molar refractivity (Wildman–Crippen MR) is 64.6 cm³/mol. The standard InChI is InChI=1S/C11H19N3O4/c1-11(16,6-15)5-12-4-8-9(17-2)13-7-14-10(8)18-3/h7,12,15-16H,4-6H2,1-3H3. The summed E-state index contributed by atoms with van der Waals surface area (Å²) in [5.74, 6) is 0.830. The highest BCUT2D eigenvalue weighted by molar-refractivity contribution is 5.34. The number of aliphatic hydroxyl groups is 2. The molecule has 1 atom stereocenters. The molecular weight excluding hydrogens is 238 g/mol. The van der Waals surface area contributed by atoms with Crippen molar-refractivity contribution in [3.63, 3.8) is 0 Å². The highest BCUT2D eigenvalue weighted by atomic mass is 16.5. The Balaban J connectivity index is 2.71. The summed E-state index contributed by atoms with van der Waals surface area (Å²) in [4.78, 5) is 7.95. The fraction of sp³-hybridized carbons (Fsp3) is 0.636. The Morgan fingerprint density at radius 1 is 1.28 bits per heavy atom. The van der Waals surface area contributed by atoms with Gasteiger partial charge < -0.3 is 25.0 Å². The smallest absolute Gasteiger partial charge is 0.224 e. The lowest BCUT2D eigenvalue weighted by molar-refractivity contribution is 0.00246. The first-order chi connectivity index (χ1) is 8.54. The Morgan fingerprint density at radius 3 is 2.28 bits per heavy atom. The van der Waals surface area contributed by atoms with Crippen molar-refractivity contribution in [3.8, 4) is 11.8 Å². The molecule has 1 aromatic rings. The van der Waals surface area contributed by atoms with E-state index in [-0.39, 0.29) is 13.2 Å². The van der Waals surface area contributed by atoms with E-state index in [1.807, 2.05) is 0 Å². The van der Waals surface area contributed by atoms with Crippen molar-refractivity contribution in [1.29, 1.82) is 0 Å². The average molecular weight is 257 g/mol. The quantitative estimate of drug-likeness (QED) is 0.596. The summed E-state index contributed by atoms with van der Waals surface area (Å²) in [5, 5.41) is 21.6. The Bertz CT molecular complexity index is 362. The predicted octanol–water partition coefficient (Wildman–Crippen LogP) is -0.673. The fourth-order valence-electron chi connectivity index (χ4n) is 1.40. The van der Waals surface area contributed by atoms with Crippen molar-refractivity contribution >= 4 is 0 Å². The molecule has 0 aliphatic rings. The number of rotatable bonds is 7. The number of nitrogens with zero attached hydrogens (tertiary/aromatic N) is 2. The third-order valence-corrected chi connectivity index (χ3v) is 2.40. The topological polar surface area (TPSA) is 96.7 Å². The number of aromatic nitrogens is 2. The van der Waals surface area contributed by atoms with Crippen molar-refractivity contribution in [2.75, 3.05) is 27.4 Å². The van der Waals surface area contributed by atoms with E-state index in [0.717, 1.165) is 0 Å². The summed E-state index contributed by atoms with van der Waals surface area (Å²) in [7, 11) is 3.02. The summed E-state index contributed by atoms with van der Waals surface area (Å²) in [6.45, 7) is 1.81. The lowest BCUT2D eigenvalue weighted by Crippen LogP contribution is -2.40. The first-order valence-corrected chi connectivity index (χ1v) is 5.50. The molecule has 0 aliphatic heterocycles. The molecule has 0 saturated heterocycles. The van der Waals surface area contributed by atoms with Crippen LogP contribution < -0.4 is 14.8 Å². The maximum Gasteiger partial charge on any atom is 0.224 e. The molecule has 0 amide bonds. The second kappa shape index (κ2) is 6.48. The molecule has 1 unspecified atom stereocenters. The van der Waals surface area contributed by atoms with Gasteiger partial charge in [0, 0.05) is 13.1 Å². The summed E-state index contributed by atoms with van der Waals surface area (Å²) in [5.41, 5.74) is -0.507. The van der Waals surface area contributed by atoms with E-state index in [0.29, 0.717) is 23.9 Å². The average Bonchev–Trinajstić information content (AvgIpc) is 2.38. The SMILES string of the molecule is COc1ncnc(OC)c1CNCC(C)(O)CO. The van der Waals surface area contributed by atoms with Crippen molar-refractivity contribution in [2.45, 2.75) is 19.1 Å². The highest BCUT2D eigenvalue weighted by Crippen LogP contribution is 2.22. The van der Waals surface area contributed by atoms with Gasteiger partial charge in [-0.25, -0.2) is 9.97 Å². The number of ether oxygens (including phenoxy) is 2. The van der Waals surface area contributed by atoms with Crippen LogP contribution in [0.25, 0.3) is 0 Å². The largest absolute Gasteiger partial charge is 0.481 e. The van der Waals surface area contributed by atoms with Crippen LogP contribution in [-0.2, 0) is 6.54 Å². The Kier molecular flexibility index (Phi) is 5.26. The maximum absolute atomic E-state index is 9.65. The molecule has 0 saturated carbocycles. The van der Waals surface area contributed by atoms with Crippen molar-refractivity contribution in [3.05, 3.63) is 11.9 Å². The lowest BCUT2D eigenvalue weighted by atomic mass is 10.1. The first kappa shape index (κ1) is 14.6. The minimum atomic E-state index is -1.17. The number of hydrogen-bond donors (Lipinski definition) is 3. The molecule has 1 aromatic heterocycles. The Morgan fingerprint density at radius 2 is 1.83 bits per heavy atom.